The predicted octanol–water partition coefficient (Wildman–Crippen LogP) is 11.5. The second-order valence-electron chi connectivity index (χ2n) is 12.1. The summed E-state index contributed by atoms with van der Waals surface area (Å²) in [4.78, 5) is 15.0. The quantitative estimate of drug-likeness (QED) is 0.187. The summed E-state index contributed by atoms with van der Waals surface area (Å²) in [6.45, 7) is 0. The van der Waals surface area contributed by atoms with Gasteiger partial charge in [-0.3, -0.25) is 0 Å². The Kier molecular flexibility index (Phi) is 5.35. The van der Waals surface area contributed by atoms with Crippen LogP contribution in [0.5, 0.6) is 0 Å². The Labute approximate surface area is 294 Å². The van der Waals surface area contributed by atoms with Crippen molar-refractivity contribution in [2.75, 3.05) is 0 Å². The summed E-state index contributed by atoms with van der Waals surface area (Å²) in [5.41, 5.74) is 6.73. The van der Waals surface area contributed by atoms with E-state index in [0.29, 0.717) is 34.3 Å². The van der Waals surface area contributed by atoms with E-state index in [9.17, 15) is 0 Å². The molecule has 0 fully saturated rings. The summed E-state index contributed by atoms with van der Waals surface area (Å²) in [6.07, 6.45) is 0. The van der Waals surface area contributed by atoms with Gasteiger partial charge in [0.1, 0.15) is 11.2 Å². The van der Waals surface area contributed by atoms with Crippen LogP contribution in [0.15, 0.2) is 174 Å². The summed E-state index contributed by atoms with van der Waals surface area (Å²) in [6, 6.07) is 43.5. The van der Waals surface area contributed by atoms with Crippen LogP contribution < -0.4 is 0 Å². The summed E-state index contributed by atoms with van der Waals surface area (Å²) in [5.74, 6) is 1.35. The first kappa shape index (κ1) is 23.5. The van der Waals surface area contributed by atoms with E-state index in [1.165, 1.54) is 0 Å². The van der Waals surface area contributed by atoms with Crippen molar-refractivity contribution in [1.82, 2.24) is 19.5 Å². The Hall–Kier alpha value is -6.85. The molecule has 0 atom stereocenters. The largest absolute Gasteiger partial charge is 0.456 e. The van der Waals surface area contributed by atoms with Gasteiger partial charge in [-0.25, -0.2) is 15.0 Å². The second kappa shape index (κ2) is 11.4. The van der Waals surface area contributed by atoms with E-state index in [2.05, 4.69) is 16.7 Å². The van der Waals surface area contributed by atoms with Crippen molar-refractivity contribution in [2.24, 2.45) is 0 Å². The van der Waals surface area contributed by atoms with Crippen LogP contribution in [-0.2, 0) is 0 Å². The second-order valence-corrected chi connectivity index (χ2v) is 12.1. The molecule has 5 nitrogen and oxygen atoms in total. The zero-order valence-corrected chi connectivity index (χ0v) is 26.5. The molecule has 0 bridgehead atoms. The predicted molar refractivity (Wildman–Crippen MR) is 203 cm³/mol. The minimum absolute atomic E-state index is 0.106. The topological polar surface area (TPSA) is 56.7 Å². The number of aromatic nitrogens is 4. The molecule has 0 saturated carbocycles. The SMILES string of the molecule is [2H]c1c([2H])c([2H])c(-c2ccc(-c3nc(-c4ccccc4)nc(-c4ccc5c(c4)oc4ccccc45)n3)cc2-n2c3ccccc3c3ccccc32)c([2H])c1[2H]. The maximum absolute atomic E-state index is 8.96. The van der Waals surface area contributed by atoms with Crippen molar-refractivity contribution >= 4 is 43.7 Å². The summed E-state index contributed by atoms with van der Waals surface area (Å²) in [5, 5.41) is 4.06. The third-order valence-electron chi connectivity index (χ3n) is 9.15. The van der Waals surface area contributed by atoms with E-state index in [1.54, 1.807) is 6.07 Å². The van der Waals surface area contributed by atoms with Crippen LogP contribution in [0.4, 0.5) is 0 Å². The summed E-state index contributed by atoms with van der Waals surface area (Å²) < 4.78 is 51.5. The van der Waals surface area contributed by atoms with E-state index in [4.69, 9.17) is 26.2 Å². The molecule has 3 heterocycles. The van der Waals surface area contributed by atoms with E-state index in [0.717, 1.165) is 54.9 Å². The standard InChI is InChI=1S/C45H28N4O/c1-3-13-29(14-4-1)33-25-23-31(27-40(33)49-38-20-10-7-17-34(38)35-18-8-11-21-39(35)49)44-46-43(30-15-5-2-6-16-30)47-45(48-44)32-24-26-37-36-19-9-12-22-41(36)50-42(37)28-32/h1-28H/i1D,3D,4D,13D,14D. The van der Waals surface area contributed by atoms with Crippen molar-refractivity contribution in [3.05, 3.63) is 170 Å². The lowest BCUT2D eigenvalue weighted by Crippen LogP contribution is -2.02. The summed E-state index contributed by atoms with van der Waals surface area (Å²) >= 11 is 0. The van der Waals surface area contributed by atoms with Crippen LogP contribution in [-0.4, -0.2) is 19.5 Å². The smallest absolute Gasteiger partial charge is 0.164 e. The molecule has 0 spiro atoms. The fourth-order valence-electron chi connectivity index (χ4n) is 6.85. The van der Waals surface area contributed by atoms with Gasteiger partial charge in [-0.05, 0) is 42.0 Å². The first-order valence-electron chi connectivity index (χ1n) is 18.8. The number of para-hydroxylation sites is 3. The van der Waals surface area contributed by atoms with Crippen LogP contribution in [0.1, 0.15) is 6.85 Å². The van der Waals surface area contributed by atoms with Crippen LogP contribution in [0.2, 0.25) is 0 Å². The maximum Gasteiger partial charge on any atom is 0.164 e. The molecule has 10 rings (SSSR count). The van der Waals surface area contributed by atoms with Crippen molar-refractivity contribution in [2.45, 2.75) is 0 Å². The van der Waals surface area contributed by atoms with Crippen molar-refractivity contribution in [3.63, 3.8) is 0 Å². The van der Waals surface area contributed by atoms with E-state index in [-0.39, 0.29) is 17.6 Å². The van der Waals surface area contributed by atoms with Crippen LogP contribution in [0, 0.1) is 0 Å². The molecular weight excluding hydrogens is 613 g/mol. The molecule has 0 saturated heterocycles. The lowest BCUT2D eigenvalue weighted by Gasteiger charge is -2.16. The molecule has 0 aliphatic heterocycles. The minimum atomic E-state index is -0.444. The molecular formula is C45H28N4O. The lowest BCUT2D eigenvalue weighted by atomic mass is 10.0. The number of fused-ring (bicyclic) bond motifs is 6. The molecule has 50 heavy (non-hydrogen) atoms. The van der Waals surface area contributed by atoms with Gasteiger partial charge in [0.2, 0.25) is 0 Å². The first-order valence-corrected chi connectivity index (χ1v) is 16.3. The third kappa shape index (κ3) is 4.60. The monoisotopic (exact) mass is 645 g/mol. The minimum Gasteiger partial charge on any atom is -0.456 e. The van der Waals surface area contributed by atoms with Gasteiger partial charge in [0, 0.05) is 43.8 Å². The fraction of sp³-hybridized carbons (Fsp3) is 0. The van der Waals surface area contributed by atoms with Gasteiger partial charge in [-0.2, -0.15) is 0 Å². The van der Waals surface area contributed by atoms with Gasteiger partial charge in [0.05, 0.1) is 23.6 Å². The highest BCUT2D eigenvalue weighted by molar-refractivity contribution is 6.10. The van der Waals surface area contributed by atoms with Gasteiger partial charge in [-0.15, -0.1) is 0 Å². The number of hydrogen-bond donors (Lipinski definition) is 0. The van der Waals surface area contributed by atoms with Gasteiger partial charge in [-0.1, -0.05) is 133 Å². The van der Waals surface area contributed by atoms with Gasteiger partial charge in [0.15, 0.2) is 17.5 Å². The Morgan fingerprint density at radius 1 is 0.440 bits per heavy atom. The van der Waals surface area contributed by atoms with Gasteiger partial charge < -0.3 is 8.98 Å². The molecule has 0 aliphatic rings. The van der Waals surface area contributed by atoms with E-state index in [1.807, 2.05) is 121 Å². The third-order valence-corrected chi connectivity index (χ3v) is 9.15. The zero-order valence-electron chi connectivity index (χ0n) is 31.5. The lowest BCUT2D eigenvalue weighted by molar-refractivity contribution is 0.669. The molecule has 0 N–H and O–H groups in total. The first-order chi connectivity index (χ1) is 26.9. The number of rotatable bonds is 5. The number of hydrogen-bond acceptors (Lipinski definition) is 4. The average molecular weight is 646 g/mol. The van der Waals surface area contributed by atoms with Crippen molar-refractivity contribution < 1.29 is 11.3 Å². The average Bonchev–Trinajstić information content (AvgIpc) is 3.78. The molecule has 5 heteroatoms. The Bertz CT molecular complexity index is 3090. The zero-order chi connectivity index (χ0) is 37.4. The molecule has 234 valence electrons. The molecule has 0 aliphatic carbocycles. The molecule has 0 unspecified atom stereocenters. The van der Waals surface area contributed by atoms with Gasteiger partial charge in [0.25, 0.3) is 0 Å². The van der Waals surface area contributed by atoms with Crippen LogP contribution in [0.25, 0.3) is 94.7 Å². The normalized spacial score (nSPS) is 13.0. The molecule has 7 aromatic carbocycles. The molecule has 3 aromatic heterocycles. The highest BCUT2D eigenvalue weighted by Crippen LogP contribution is 2.38. The number of benzene rings is 7. The van der Waals surface area contributed by atoms with E-state index < -0.39 is 18.1 Å². The number of nitrogens with zero attached hydrogens (tertiary/aromatic N) is 4. The number of furan rings is 1. The molecule has 0 amide bonds. The highest BCUT2D eigenvalue weighted by Gasteiger charge is 2.19. The van der Waals surface area contributed by atoms with Gasteiger partial charge >= 0.3 is 0 Å². The highest BCUT2D eigenvalue weighted by atomic mass is 16.3. The summed E-state index contributed by atoms with van der Waals surface area (Å²) in [7, 11) is 0. The fourth-order valence-corrected chi connectivity index (χ4v) is 6.85. The Balaban J connectivity index is 1.25. The van der Waals surface area contributed by atoms with Crippen LogP contribution in [0.3, 0.4) is 0 Å². The molecule has 10 aromatic rings. The molecule has 0 radical (unpaired) electrons. The maximum atomic E-state index is 8.96. The van der Waals surface area contributed by atoms with Crippen molar-refractivity contribution in [1.29, 1.82) is 0 Å². The van der Waals surface area contributed by atoms with Crippen molar-refractivity contribution in [3.8, 4) is 51.0 Å². The Morgan fingerprint density at radius 3 is 1.72 bits per heavy atom. The van der Waals surface area contributed by atoms with Crippen LogP contribution >= 0.6 is 0 Å². The Morgan fingerprint density at radius 2 is 1.00 bits per heavy atom. The van der Waals surface area contributed by atoms with E-state index >= 15 is 0 Å².